The topological polar surface area (TPSA) is 69.5 Å². The molecule has 1 aliphatic carbocycles. The summed E-state index contributed by atoms with van der Waals surface area (Å²) in [5.74, 6) is 2.28. The maximum absolute atomic E-state index is 12.7. The van der Waals surface area contributed by atoms with Gasteiger partial charge >= 0.3 is 0 Å². The van der Waals surface area contributed by atoms with Crippen LogP contribution in [0.2, 0.25) is 0 Å². The molecule has 0 N–H and O–H groups in total. The molecule has 126 valence electrons. The molecule has 1 aromatic heterocycles. The van der Waals surface area contributed by atoms with Gasteiger partial charge in [0.2, 0.25) is 5.91 Å². The van der Waals surface area contributed by atoms with Crippen LogP contribution < -0.4 is 0 Å². The van der Waals surface area contributed by atoms with Gasteiger partial charge in [-0.2, -0.15) is 5.10 Å². The average molecular weight is 320 g/mol. The number of hydrogen-bond acceptors (Lipinski definition) is 5. The van der Waals surface area contributed by atoms with Crippen molar-refractivity contribution >= 4 is 5.91 Å². The summed E-state index contributed by atoms with van der Waals surface area (Å²) < 4.78 is 13.3. The van der Waals surface area contributed by atoms with Gasteiger partial charge in [0.1, 0.15) is 11.4 Å². The van der Waals surface area contributed by atoms with Crippen molar-refractivity contribution in [1.29, 1.82) is 0 Å². The highest BCUT2D eigenvalue weighted by atomic mass is 16.5. The van der Waals surface area contributed by atoms with Crippen LogP contribution in [0, 0.1) is 0 Å². The Labute approximate surface area is 135 Å². The third-order valence-electron chi connectivity index (χ3n) is 5.01. The predicted molar refractivity (Wildman–Crippen MR) is 82.0 cm³/mol. The second-order valence-corrected chi connectivity index (χ2v) is 6.96. The van der Waals surface area contributed by atoms with Crippen LogP contribution in [0.3, 0.4) is 0 Å². The van der Waals surface area contributed by atoms with E-state index >= 15 is 0 Å². The zero-order valence-corrected chi connectivity index (χ0v) is 13.7. The number of aryl methyl sites for hydroxylation is 1. The Bertz CT molecular complexity index is 585. The molecule has 3 aliphatic rings. The van der Waals surface area contributed by atoms with E-state index in [0.29, 0.717) is 38.6 Å². The lowest BCUT2D eigenvalue weighted by Crippen LogP contribution is -2.57. The van der Waals surface area contributed by atoms with E-state index < -0.39 is 0 Å². The highest BCUT2D eigenvalue weighted by Gasteiger charge is 2.40. The normalized spacial score (nSPS) is 28.3. The highest BCUT2D eigenvalue weighted by Crippen LogP contribution is 2.38. The van der Waals surface area contributed by atoms with Crippen LogP contribution in [-0.2, 0) is 27.7 Å². The van der Waals surface area contributed by atoms with E-state index in [0.717, 1.165) is 31.1 Å². The summed E-state index contributed by atoms with van der Waals surface area (Å²) in [5, 5.41) is 4.44. The lowest BCUT2D eigenvalue weighted by atomic mass is 9.94. The van der Waals surface area contributed by atoms with Gasteiger partial charge in [-0.15, -0.1) is 0 Å². The largest absolute Gasteiger partial charge is 0.378 e. The minimum atomic E-state index is -0.300. The van der Waals surface area contributed by atoms with Crippen molar-refractivity contribution in [1.82, 2.24) is 19.7 Å². The van der Waals surface area contributed by atoms with Gasteiger partial charge < -0.3 is 14.4 Å². The van der Waals surface area contributed by atoms with E-state index in [9.17, 15) is 4.79 Å². The Morgan fingerprint density at radius 2 is 2.26 bits per heavy atom. The van der Waals surface area contributed by atoms with Crippen LogP contribution in [0.25, 0.3) is 0 Å². The average Bonchev–Trinajstić information content (AvgIpc) is 3.33. The monoisotopic (exact) mass is 320 g/mol. The van der Waals surface area contributed by atoms with Gasteiger partial charge in [-0.05, 0) is 25.7 Å². The summed E-state index contributed by atoms with van der Waals surface area (Å²) in [5.41, 5.74) is -0.300. The van der Waals surface area contributed by atoms with Gasteiger partial charge in [-0.1, -0.05) is 0 Å². The van der Waals surface area contributed by atoms with Gasteiger partial charge in [-0.3, -0.25) is 9.48 Å². The number of rotatable bonds is 3. The Morgan fingerprint density at radius 3 is 3.00 bits per heavy atom. The first kappa shape index (κ1) is 15.1. The third-order valence-corrected chi connectivity index (χ3v) is 5.01. The van der Waals surface area contributed by atoms with Crippen LogP contribution >= 0.6 is 0 Å². The minimum absolute atomic E-state index is 0.107. The first-order valence-corrected chi connectivity index (χ1v) is 8.54. The molecule has 0 aromatic carbocycles. The molecule has 2 saturated heterocycles. The molecule has 1 saturated carbocycles. The van der Waals surface area contributed by atoms with Gasteiger partial charge in [0.15, 0.2) is 5.82 Å². The second-order valence-electron chi connectivity index (χ2n) is 6.96. The Morgan fingerprint density at radius 1 is 1.39 bits per heavy atom. The summed E-state index contributed by atoms with van der Waals surface area (Å²) in [6.07, 6.45) is 4.61. The fraction of sp³-hybridized carbons (Fsp3) is 0.812. The molecule has 1 spiro atoms. The number of hydrogen-bond donors (Lipinski definition) is 0. The molecule has 1 aromatic rings. The van der Waals surface area contributed by atoms with Crippen LogP contribution in [0.4, 0.5) is 0 Å². The maximum atomic E-state index is 12.7. The van der Waals surface area contributed by atoms with E-state index in [1.807, 2.05) is 11.9 Å². The fourth-order valence-corrected chi connectivity index (χ4v) is 3.48. The molecule has 0 bridgehead atoms. The molecule has 3 fully saturated rings. The lowest BCUT2D eigenvalue weighted by Gasteiger charge is -2.44. The van der Waals surface area contributed by atoms with E-state index in [-0.39, 0.29) is 11.5 Å². The summed E-state index contributed by atoms with van der Waals surface area (Å²) in [4.78, 5) is 19.2. The van der Waals surface area contributed by atoms with E-state index in [1.165, 1.54) is 12.8 Å². The molecule has 7 nitrogen and oxygen atoms in total. The lowest BCUT2D eigenvalue weighted by molar-refractivity contribution is -0.176. The van der Waals surface area contributed by atoms with E-state index in [2.05, 4.69) is 10.1 Å². The van der Waals surface area contributed by atoms with Crippen molar-refractivity contribution < 1.29 is 14.3 Å². The van der Waals surface area contributed by atoms with Gasteiger partial charge in [0.25, 0.3) is 0 Å². The number of amides is 1. The summed E-state index contributed by atoms with van der Waals surface area (Å²) in [7, 11) is 1.87. The first-order valence-electron chi connectivity index (χ1n) is 8.54. The number of aromatic nitrogens is 3. The molecule has 23 heavy (non-hydrogen) atoms. The second kappa shape index (κ2) is 5.87. The SMILES string of the molecule is Cn1nc(C2CC2)nc1CC(=O)N1CCOC2(CCCOC2)C1. The number of nitrogens with zero attached hydrogens (tertiary/aromatic N) is 4. The van der Waals surface area contributed by atoms with Crippen LogP contribution in [-0.4, -0.2) is 64.1 Å². The van der Waals surface area contributed by atoms with Gasteiger partial charge in [0.05, 0.1) is 26.2 Å². The Hall–Kier alpha value is -1.47. The van der Waals surface area contributed by atoms with Crippen molar-refractivity contribution in [3.63, 3.8) is 0 Å². The Balaban J connectivity index is 1.42. The molecular formula is C16H24N4O3. The molecule has 2 aliphatic heterocycles. The number of ether oxygens (including phenoxy) is 2. The summed E-state index contributed by atoms with van der Waals surface area (Å²) in [6, 6.07) is 0. The maximum Gasteiger partial charge on any atom is 0.230 e. The van der Waals surface area contributed by atoms with Crippen molar-refractivity contribution in [2.45, 2.75) is 43.6 Å². The summed E-state index contributed by atoms with van der Waals surface area (Å²) in [6.45, 7) is 3.24. The zero-order chi connectivity index (χ0) is 15.9. The van der Waals surface area contributed by atoms with Gasteiger partial charge in [-0.25, -0.2) is 4.98 Å². The molecule has 7 heteroatoms. The van der Waals surface area contributed by atoms with Crippen LogP contribution in [0.5, 0.6) is 0 Å². The van der Waals surface area contributed by atoms with Crippen LogP contribution in [0.15, 0.2) is 0 Å². The van der Waals surface area contributed by atoms with Crippen molar-refractivity contribution in [3.8, 4) is 0 Å². The van der Waals surface area contributed by atoms with E-state index in [4.69, 9.17) is 9.47 Å². The molecule has 1 atom stereocenters. The Kier molecular flexibility index (Phi) is 3.85. The molecule has 3 heterocycles. The zero-order valence-electron chi connectivity index (χ0n) is 13.7. The van der Waals surface area contributed by atoms with Crippen molar-refractivity contribution in [2.75, 3.05) is 32.9 Å². The number of morpholine rings is 1. The van der Waals surface area contributed by atoms with E-state index in [1.54, 1.807) is 4.68 Å². The standard InChI is InChI=1S/C16H24N4O3/c1-19-13(17-15(18-19)12-3-4-12)9-14(21)20-6-8-23-16(10-20)5-2-7-22-11-16/h12H,2-11H2,1H3. The summed E-state index contributed by atoms with van der Waals surface area (Å²) >= 11 is 0. The smallest absolute Gasteiger partial charge is 0.230 e. The van der Waals surface area contributed by atoms with Crippen LogP contribution in [0.1, 0.15) is 43.3 Å². The highest BCUT2D eigenvalue weighted by molar-refractivity contribution is 5.78. The quantitative estimate of drug-likeness (QED) is 0.817. The molecule has 1 unspecified atom stereocenters. The molecule has 4 rings (SSSR count). The first-order chi connectivity index (χ1) is 11.2. The molecular weight excluding hydrogens is 296 g/mol. The number of carbonyl (C=O) groups is 1. The predicted octanol–water partition coefficient (Wildman–Crippen LogP) is 0.643. The number of carbonyl (C=O) groups excluding carboxylic acids is 1. The van der Waals surface area contributed by atoms with Crippen molar-refractivity contribution in [3.05, 3.63) is 11.6 Å². The van der Waals surface area contributed by atoms with Crippen molar-refractivity contribution in [2.24, 2.45) is 7.05 Å². The van der Waals surface area contributed by atoms with Gasteiger partial charge in [0, 0.05) is 26.1 Å². The fourth-order valence-electron chi connectivity index (χ4n) is 3.48. The minimum Gasteiger partial charge on any atom is -0.378 e. The molecule has 0 radical (unpaired) electrons. The third kappa shape index (κ3) is 3.12. The molecule has 1 amide bonds.